The van der Waals surface area contributed by atoms with Gasteiger partial charge in [0, 0.05) is 18.2 Å². The number of esters is 1. The molecule has 30 heavy (non-hydrogen) atoms. The molecule has 2 heterocycles. The quantitative estimate of drug-likeness (QED) is 0.616. The van der Waals surface area contributed by atoms with Crippen molar-refractivity contribution in [2.75, 3.05) is 24.7 Å². The molecular weight excluding hydrogens is 408 g/mol. The third-order valence-electron chi connectivity index (χ3n) is 4.97. The summed E-state index contributed by atoms with van der Waals surface area (Å²) in [7, 11) is -3.14. The van der Waals surface area contributed by atoms with Crippen molar-refractivity contribution in [3.05, 3.63) is 41.7 Å². The Bertz CT molecular complexity index is 1010. The second kappa shape index (κ2) is 8.99. The third-order valence-corrected chi connectivity index (χ3v) is 6.72. The lowest BCUT2D eigenvalue weighted by molar-refractivity contribution is -0.137. The van der Waals surface area contributed by atoms with Crippen molar-refractivity contribution < 1.29 is 27.3 Å². The molecule has 0 bridgehead atoms. The number of sulfone groups is 1. The molecular formula is C21H26N2O6S. The summed E-state index contributed by atoms with van der Waals surface area (Å²) in [6.07, 6.45) is 0.400. The van der Waals surface area contributed by atoms with Crippen LogP contribution in [-0.2, 0) is 19.4 Å². The van der Waals surface area contributed by atoms with Crippen LogP contribution in [0, 0.1) is 12.8 Å². The molecule has 1 atom stereocenters. The van der Waals surface area contributed by atoms with E-state index in [1.807, 2.05) is 32.0 Å². The number of hydrogen-bond acceptors (Lipinski definition) is 7. The number of benzene rings is 1. The average Bonchev–Trinajstić information content (AvgIpc) is 3.26. The minimum atomic E-state index is -3.14. The summed E-state index contributed by atoms with van der Waals surface area (Å²) in [4.78, 5) is 27.0. The van der Waals surface area contributed by atoms with Crippen molar-refractivity contribution in [3.63, 3.8) is 0 Å². The van der Waals surface area contributed by atoms with Crippen LogP contribution in [0.2, 0.25) is 0 Å². The molecule has 9 heteroatoms. The Labute approximate surface area is 176 Å². The van der Waals surface area contributed by atoms with Crippen LogP contribution in [0.25, 0.3) is 11.3 Å². The number of rotatable bonds is 7. The van der Waals surface area contributed by atoms with Crippen LogP contribution >= 0.6 is 0 Å². The van der Waals surface area contributed by atoms with E-state index in [2.05, 4.69) is 5.16 Å². The number of carbonyl (C=O) groups excluding carboxylic acids is 2. The van der Waals surface area contributed by atoms with Crippen LogP contribution < -0.4 is 0 Å². The van der Waals surface area contributed by atoms with Gasteiger partial charge in [0.15, 0.2) is 16.4 Å². The van der Waals surface area contributed by atoms with Crippen molar-refractivity contribution in [1.82, 2.24) is 10.1 Å². The van der Waals surface area contributed by atoms with Crippen LogP contribution in [0.1, 0.15) is 36.4 Å². The van der Waals surface area contributed by atoms with E-state index in [-0.39, 0.29) is 29.0 Å². The SMILES string of the molecule is Cc1onc(-c2ccccc2)c1C(=O)OCC(=O)N(CC(C)C)C1CCS(=O)(=O)C1. The Balaban J connectivity index is 1.72. The fraction of sp³-hybridized carbons (Fsp3) is 0.476. The largest absolute Gasteiger partial charge is 0.452 e. The second-order valence-electron chi connectivity index (χ2n) is 7.90. The summed E-state index contributed by atoms with van der Waals surface area (Å²) >= 11 is 0. The molecule has 1 fully saturated rings. The lowest BCUT2D eigenvalue weighted by Crippen LogP contribution is -2.45. The Morgan fingerprint density at radius 3 is 2.57 bits per heavy atom. The highest BCUT2D eigenvalue weighted by Gasteiger charge is 2.35. The Hall–Kier alpha value is -2.68. The molecule has 1 aromatic carbocycles. The van der Waals surface area contributed by atoms with E-state index in [9.17, 15) is 18.0 Å². The highest BCUT2D eigenvalue weighted by Crippen LogP contribution is 2.26. The van der Waals surface area contributed by atoms with Crippen molar-refractivity contribution in [2.24, 2.45) is 5.92 Å². The van der Waals surface area contributed by atoms with Crippen LogP contribution in [0.4, 0.5) is 0 Å². The van der Waals surface area contributed by atoms with Crippen molar-refractivity contribution in [1.29, 1.82) is 0 Å². The maximum Gasteiger partial charge on any atom is 0.344 e. The molecule has 1 amide bonds. The molecule has 162 valence electrons. The van der Waals surface area contributed by atoms with Gasteiger partial charge in [0.25, 0.3) is 5.91 Å². The monoisotopic (exact) mass is 434 g/mol. The van der Waals surface area contributed by atoms with E-state index in [1.165, 1.54) is 4.90 Å². The van der Waals surface area contributed by atoms with Crippen LogP contribution in [0.5, 0.6) is 0 Å². The lowest BCUT2D eigenvalue weighted by atomic mass is 10.1. The smallest absolute Gasteiger partial charge is 0.344 e. The zero-order chi connectivity index (χ0) is 21.9. The van der Waals surface area contributed by atoms with E-state index >= 15 is 0 Å². The van der Waals surface area contributed by atoms with Gasteiger partial charge in [0.1, 0.15) is 17.0 Å². The predicted molar refractivity (Wildman–Crippen MR) is 111 cm³/mol. The van der Waals surface area contributed by atoms with Gasteiger partial charge >= 0.3 is 5.97 Å². The second-order valence-corrected chi connectivity index (χ2v) is 10.1. The summed E-state index contributed by atoms with van der Waals surface area (Å²) in [5, 5.41) is 3.95. The Morgan fingerprint density at radius 2 is 1.97 bits per heavy atom. The molecule has 0 saturated carbocycles. The molecule has 0 N–H and O–H groups in total. The topological polar surface area (TPSA) is 107 Å². The average molecular weight is 435 g/mol. The zero-order valence-electron chi connectivity index (χ0n) is 17.3. The number of hydrogen-bond donors (Lipinski definition) is 0. The molecule has 0 spiro atoms. The van der Waals surface area contributed by atoms with Gasteiger partial charge < -0.3 is 14.2 Å². The standard InChI is InChI=1S/C21H26N2O6S/c1-14(2)11-23(17-9-10-30(26,27)13-17)18(24)12-28-21(25)19-15(3)29-22-20(19)16-7-5-4-6-8-16/h4-8,14,17H,9-13H2,1-3H3. The fourth-order valence-electron chi connectivity index (χ4n) is 3.56. The summed E-state index contributed by atoms with van der Waals surface area (Å²) in [5.41, 5.74) is 1.23. The molecule has 1 saturated heterocycles. The van der Waals surface area contributed by atoms with Crippen molar-refractivity contribution >= 4 is 21.7 Å². The Morgan fingerprint density at radius 1 is 1.27 bits per heavy atom. The highest BCUT2D eigenvalue weighted by molar-refractivity contribution is 7.91. The fourth-order valence-corrected chi connectivity index (χ4v) is 5.29. The first-order valence-electron chi connectivity index (χ1n) is 9.86. The summed E-state index contributed by atoms with van der Waals surface area (Å²) < 4.78 is 34.1. The number of nitrogens with zero attached hydrogens (tertiary/aromatic N) is 2. The van der Waals surface area contributed by atoms with Crippen molar-refractivity contribution in [3.8, 4) is 11.3 Å². The van der Waals surface area contributed by atoms with E-state index in [1.54, 1.807) is 19.1 Å². The first-order valence-corrected chi connectivity index (χ1v) is 11.7. The van der Waals surface area contributed by atoms with E-state index in [4.69, 9.17) is 9.26 Å². The van der Waals surface area contributed by atoms with Crippen LogP contribution in [0.3, 0.4) is 0 Å². The minimum Gasteiger partial charge on any atom is -0.452 e. The molecule has 3 rings (SSSR count). The van der Waals surface area contributed by atoms with Crippen LogP contribution in [-0.4, -0.2) is 61.1 Å². The molecule has 1 unspecified atom stereocenters. The van der Waals surface area contributed by atoms with Gasteiger partial charge in [-0.25, -0.2) is 13.2 Å². The first kappa shape index (κ1) is 22.0. The highest BCUT2D eigenvalue weighted by atomic mass is 32.2. The third kappa shape index (κ3) is 5.08. The predicted octanol–water partition coefficient (Wildman–Crippen LogP) is 2.48. The van der Waals surface area contributed by atoms with Gasteiger partial charge in [-0.2, -0.15) is 0 Å². The summed E-state index contributed by atoms with van der Waals surface area (Å²) in [5.74, 6) is -0.647. The molecule has 0 radical (unpaired) electrons. The number of amides is 1. The maximum atomic E-state index is 12.8. The number of aryl methyl sites for hydroxylation is 1. The lowest BCUT2D eigenvalue weighted by Gasteiger charge is -2.29. The van der Waals surface area contributed by atoms with Gasteiger partial charge in [0.05, 0.1) is 11.5 Å². The molecule has 2 aromatic rings. The van der Waals surface area contributed by atoms with E-state index in [0.29, 0.717) is 30.0 Å². The van der Waals surface area contributed by atoms with Gasteiger partial charge in [-0.1, -0.05) is 49.3 Å². The van der Waals surface area contributed by atoms with Gasteiger partial charge in [-0.3, -0.25) is 4.79 Å². The van der Waals surface area contributed by atoms with Crippen LogP contribution in [0.15, 0.2) is 34.9 Å². The number of aromatic nitrogens is 1. The Kier molecular flexibility index (Phi) is 6.60. The number of carbonyl (C=O) groups is 2. The zero-order valence-corrected chi connectivity index (χ0v) is 18.1. The maximum absolute atomic E-state index is 12.8. The molecule has 1 aromatic heterocycles. The molecule has 8 nitrogen and oxygen atoms in total. The first-order chi connectivity index (χ1) is 14.2. The van der Waals surface area contributed by atoms with E-state index in [0.717, 1.165) is 0 Å². The molecule has 0 aliphatic carbocycles. The minimum absolute atomic E-state index is 0.0533. The van der Waals surface area contributed by atoms with Gasteiger partial charge in [0.2, 0.25) is 0 Å². The summed E-state index contributed by atoms with van der Waals surface area (Å²) in [6.45, 7) is 5.43. The van der Waals surface area contributed by atoms with Crippen molar-refractivity contribution in [2.45, 2.75) is 33.2 Å². The molecule has 1 aliphatic rings. The normalized spacial score (nSPS) is 17.8. The molecule has 1 aliphatic heterocycles. The van der Waals surface area contributed by atoms with E-state index < -0.39 is 28.3 Å². The van der Waals surface area contributed by atoms with Gasteiger partial charge in [-0.05, 0) is 19.3 Å². The van der Waals surface area contributed by atoms with Gasteiger partial charge in [-0.15, -0.1) is 0 Å². The summed E-state index contributed by atoms with van der Waals surface area (Å²) in [6, 6.07) is 8.68. The number of ether oxygens (including phenoxy) is 1.